The van der Waals surface area contributed by atoms with Crippen LogP contribution in [-0.4, -0.2) is 6.04 Å². The van der Waals surface area contributed by atoms with Crippen LogP contribution in [0.15, 0.2) is 18.2 Å². The van der Waals surface area contributed by atoms with Crippen molar-refractivity contribution in [1.29, 1.82) is 0 Å². The summed E-state index contributed by atoms with van der Waals surface area (Å²) in [5.41, 5.74) is 0.544. The highest BCUT2D eigenvalue weighted by Crippen LogP contribution is 2.31. The normalized spacial score (nSPS) is 24.6. The average molecular weight is 256 g/mol. The topological polar surface area (TPSA) is 12.0 Å². The Balaban J connectivity index is 2.11. The molecule has 2 rings (SSSR count). The van der Waals surface area contributed by atoms with Gasteiger partial charge in [-0.15, -0.1) is 0 Å². The molecule has 1 fully saturated rings. The van der Waals surface area contributed by atoms with Crippen LogP contribution in [0.1, 0.15) is 39.0 Å². The number of rotatable bonds is 3. The van der Waals surface area contributed by atoms with E-state index in [0.29, 0.717) is 17.6 Å². The summed E-state index contributed by atoms with van der Waals surface area (Å²) in [6.07, 6.45) is 6.06. The Bertz CT molecular complexity index is 380. The molecule has 1 N–H and O–H groups in total. The van der Waals surface area contributed by atoms with E-state index in [0.717, 1.165) is 12.8 Å². The van der Waals surface area contributed by atoms with Gasteiger partial charge in [0.2, 0.25) is 0 Å². The lowest BCUT2D eigenvalue weighted by molar-refractivity contribution is 0.316. The third-order valence-corrected chi connectivity index (χ3v) is 4.02. The third kappa shape index (κ3) is 2.92. The molecule has 1 nitrogen and oxygen atoms in total. The quantitative estimate of drug-likeness (QED) is 0.813. The zero-order valence-electron chi connectivity index (χ0n) is 10.2. The Hall–Kier alpha value is -0.760. The summed E-state index contributed by atoms with van der Waals surface area (Å²) in [6, 6.07) is 5.53. The van der Waals surface area contributed by atoms with Crippen LogP contribution in [0.4, 0.5) is 10.1 Å². The van der Waals surface area contributed by atoms with Crippen LogP contribution in [-0.2, 0) is 0 Å². The number of hydrogen-bond donors (Lipinski definition) is 1. The molecule has 0 radical (unpaired) electrons. The fraction of sp³-hybridized carbons (Fsp3) is 0.571. The Labute approximate surface area is 107 Å². The largest absolute Gasteiger partial charge is 0.380 e. The predicted octanol–water partition coefficient (Wildman–Crippen LogP) is 4.86. The second-order valence-electron chi connectivity index (χ2n) is 4.80. The third-order valence-electron chi connectivity index (χ3n) is 3.73. The first kappa shape index (κ1) is 12.7. The first-order chi connectivity index (χ1) is 8.22. The summed E-state index contributed by atoms with van der Waals surface area (Å²) in [5, 5.41) is 3.52. The van der Waals surface area contributed by atoms with Gasteiger partial charge >= 0.3 is 0 Å². The lowest BCUT2D eigenvalue weighted by Crippen LogP contribution is -2.32. The first-order valence-corrected chi connectivity index (χ1v) is 6.80. The first-order valence-electron chi connectivity index (χ1n) is 6.43. The summed E-state index contributed by atoms with van der Waals surface area (Å²) in [7, 11) is 0. The molecule has 0 saturated heterocycles. The van der Waals surface area contributed by atoms with Crippen molar-refractivity contribution in [2.45, 2.75) is 45.1 Å². The molecular weight excluding hydrogens is 237 g/mol. The Morgan fingerprint density at radius 3 is 2.88 bits per heavy atom. The van der Waals surface area contributed by atoms with Crippen LogP contribution in [0, 0.1) is 11.7 Å². The van der Waals surface area contributed by atoms with Gasteiger partial charge in [-0.1, -0.05) is 43.9 Å². The zero-order valence-corrected chi connectivity index (χ0v) is 10.9. The summed E-state index contributed by atoms with van der Waals surface area (Å²) in [5.74, 6) is 0.330. The molecule has 94 valence electrons. The average Bonchev–Trinajstić information content (AvgIpc) is 2.35. The number of benzene rings is 1. The number of halogens is 2. The molecule has 0 aromatic heterocycles. The molecule has 3 heteroatoms. The van der Waals surface area contributed by atoms with Gasteiger partial charge < -0.3 is 5.32 Å². The summed E-state index contributed by atoms with van der Waals surface area (Å²) in [4.78, 5) is 0. The van der Waals surface area contributed by atoms with E-state index < -0.39 is 0 Å². The minimum Gasteiger partial charge on any atom is -0.380 e. The van der Waals surface area contributed by atoms with E-state index in [1.165, 1.54) is 19.3 Å². The van der Waals surface area contributed by atoms with Gasteiger partial charge in [0.05, 0.1) is 10.7 Å². The second kappa shape index (κ2) is 5.72. The van der Waals surface area contributed by atoms with E-state index in [-0.39, 0.29) is 10.8 Å². The molecule has 0 spiro atoms. The smallest absolute Gasteiger partial charge is 0.164 e. The zero-order chi connectivity index (χ0) is 12.3. The van der Waals surface area contributed by atoms with E-state index in [1.807, 2.05) is 0 Å². The molecule has 2 atom stereocenters. The van der Waals surface area contributed by atoms with E-state index >= 15 is 0 Å². The standard InChI is InChI=1S/C14H19ClFN/c1-2-10-6-3-4-8-12(10)17-13-9-5-7-11(15)14(13)16/h5,7,9-10,12,17H,2-4,6,8H2,1H3. The van der Waals surface area contributed by atoms with Crippen LogP contribution in [0.2, 0.25) is 5.02 Å². The summed E-state index contributed by atoms with van der Waals surface area (Å²) in [6.45, 7) is 2.21. The minimum atomic E-state index is -0.324. The molecule has 0 amide bonds. The highest BCUT2D eigenvalue weighted by atomic mass is 35.5. The molecule has 1 saturated carbocycles. The van der Waals surface area contributed by atoms with Crippen LogP contribution < -0.4 is 5.32 Å². The molecule has 1 aromatic carbocycles. The van der Waals surface area contributed by atoms with E-state index in [2.05, 4.69) is 12.2 Å². The van der Waals surface area contributed by atoms with Gasteiger partial charge in [-0.05, 0) is 30.9 Å². The molecule has 17 heavy (non-hydrogen) atoms. The number of hydrogen-bond acceptors (Lipinski definition) is 1. The Morgan fingerprint density at radius 2 is 2.12 bits per heavy atom. The van der Waals surface area contributed by atoms with E-state index in [4.69, 9.17) is 11.6 Å². The molecular formula is C14H19ClFN. The highest BCUT2D eigenvalue weighted by Gasteiger charge is 2.24. The van der Waals surface area contributed by atoms with Crippen LogP contribution >= 0.6 is 11.6 Å². The number of anilines is 1. The van der Waals surface area contributed by atoms with E-state index in [1.54, 1.807) is 18.2 Å². The van der Waals surface area contributed by atoms with Gasteiger partial charge in [0.25, 0.3) is 0 Å². The van der Waals surface area contributed by atoms with Crippen LogP contribution in [0.3, 0.4) is 0 Å². The maximum absolute atomic E-state index is 13.8. The monoisotopic (exact) mass is 255 g/mol. The van der Waals surface area contributed by atoms with Crippen LogP contribution in [0.25, 0.3) is 0 Å². The SMILES string of the molecule is CCC1CCCCC1Nc1cccc(Cl)c1F. The summed E-state index contributed by atoms with van der Waals surface area (Å²) < 4.78 is 13.8. The highest BCUT2D eigenvalue weighted by molar-refractivity contribution is 6.31. The van der Waals surface area contributed by atoms with Crippen molar-refractivity contribution in [1.82, 2.24) is 0 Å². The van der Waals surface area contributed by atoms with Gasteiger partial charge in [0.1, 0.15) is 0 Å². The van der Waals surface area contributed by atoms with Gasteiger partial charge in [-0.3, -0.25) is 0 Å². The van der Waals surface area contributed by atoms with Crippen molar-refractivity contribution in [3.8, 4) is 0 Å². The second-order valence-corrected chi connectivity index (χ2v) is 5.21. The van der Waals surface area contributed by atoms with Crippen molar-refractivity contribution in [2.75, 3.05) is 5.32 Å². The van der Waals surface area contributed by atoms with Gasteiger partial charge in [-0.25, -0.2) is 4.39 Å². The van der Waals surface area contributed by atoms with Crippen molar-refractivity contribution >= 4 is 17.3 Å². The fourth-order valence-corrected chi connectivity index (χ4v) is 2.88. The fourth-order valence-electron chi connectivity index (χ4n) is 2.70. The van der Waals surface area contributed by atoms with Crippen molar-refractivity contribution < 1.29 is 4.39 Å². The molecule has 0 heterocycles. The van der Waals surface area contributed by atoms with E-state index in [9.17, 15) is 4.39 Å². The lowest BCUT2D eigenvalue weighted by atomic mass is 9.83. The van der Waals surface area contributed by atoms with Gasteiger partial charge in [-0.2, -0.15) is 0 Å². The number of nitrogens with one attached hydrogen (secondary N) is 1. The lowest BCUT2D eigenvalue weighted by Gasteiger charge is -2.32. The van der Waals surface area contributed by atoms with Crippen molar-refractivity contribution in [3.05, 3.63) is 29.0 Å². The Morgan fingerprint density at radius 1 is 1.35 bits per heavy atom. The molecule has 1 aromatic rings. The summed E-state index contributed by atoms with van der Waals surface area (Å²) >= 11 is 5.79. The maximum atomic E-state index is 13.8. The molecule has 0 bridgehead atoms. The van der Waals surface area contributed by atoms with Gasteiger partial charge in [0.15, 0.2) is 5.82 Å². The molecule has 0 aliphatic heterocycles. The minimum absolute atomic E-state index is 0.193. The van der Waals surface area contributed by atoms with Crippen LogP contribution in [0.5, 0.6) is 0 Å². The molecule has 2 unspecified atom stereocenters. The molecule has 1 aliphatic rings. The maximum Gasteiger partial charge on any atom is 0.164 e. The van der Waals surface area contributed by atoms with Crippen molar-refractivity contribution in [2.24, 2.45) is 5.92 Å². The van der Waals surface area contributed by atoms with Crippen molar-refractivity contribution in [3.63, 3.8) is 0 Å². The predicted molar refractivity (Wildman–Crippen MR) is 71.1 cm³/mol. The molecule has 1 aliphatic carbocycles. The van der Waals surface area contributed by atoms with Gasteiger partial charge in [0, 0.05) is 6.04 Å². The Kier molecular flexibility index (Phi) is 4.27.